The van der Waals surface area contributed by atoms with Crippen molar-refractivity contribution in [1.82, 2.24) is 5.32 Å². The summed E-state index contributed by atoms with van der Waals surface area (Å²) in [4.78, 5) is 0. The molecule has 0 saturated heterocycles. The molecule has 0 aromatic heterocycles. The minimum absolute atomic E-state index is 0.257. The van der Waals surface area contributed by atoms with Crippen LogP contribution in [-0.2, 0) is 0 Å². The van der Waals surface area contributed by atoms with E-state index < -0.39 is 0 Å². The third-order valence-electron chi connectivity index (χ3n) is 2.52. The molecule has 15 heavy (non-hydrogen) atoms. The third kappa shape index (κ3) is 4.02. The molecule has 2 heteroatoms. The Balaban J connectivity index is 2.58. The van der Waals surface area contributed by atoms with Crippen molar-refractivity contribution in [2.45, 2.75) is 26.3 Å². The van der Waals surface area contributed by atoms with E-state index in [0.717, 1.165) is 13.0 Å². The molecule has 2 N–H and O–H groups in total. The van der Waals surface area contributed by atoms with Crippen molar-refractivity contribution < 1.29 is 5.11 Å². The van der Waals surface area contributed by atoms with Crippen molar-refractivity contribution in [3.8, 4) is 0 Å². The van der Waals surface area contributed by atoms with Crippen molar-refractivity contribution in [2.75, 3.05) is 13.2 Å². The Bertz CT molecular complexity index is 258. The number of aliphatic hydroxyl groups is 1. The van der Waals surface area contributed by atoms with Gasteiger partial charge in [-0.15, -0.1) is 0 Å². The predicted octanol–water partition coefficient (Wildman–Crippen LogP) is 2.36. The van der Waals surface area contributed by atoms with E-state index in [-0.39, 0.29) is 6.61 Å². The summed E-state index contributed by atoms with van der Waals surface area (Å²) in [6.07, 6.45) is 0.816. The fraction of sp³-hybridized carbons (Fsp3) is 0.538. The lowest BCUT2D eigenvalue weighted by Gasteiger charge is -2.22. The fourth-order valence-corrected chi connectivity index (χ4v) is 1.74. The Morgan fingerprint density at radius 1 is 1.20 bits per heavy atom. The van der Waals surface area contributed by atoms with Crippen molar-refractivity contribution in [2.24, 2.45) is 5.92 Å². The van der Waals surface area contributed by atoms with E-state index in [1.165, 1.54) is 5.56 Å². The lowest BCUT2D eigenvalue weighted by atomic mass is 9.96. The van der Waals surface area contributed by atoms with Gasteiger partial charge in [0.25, 0.3) is 0 Å². The van der Waals surface area contributed by atoms with Gasteiger partial charge in [-0.05, 0) is 24.4 Å². The Morgan fingerprint density at radius 2 is 1.87 bits per heavy atom. The van der Waals surface area contributed by atoms with E-state index in [2.05, 4.69) is 43.4 Å². The summed E-state index contributed by atoms with van der Waals surface area (Å²) >= 11 is 0. The zero-order valence-corrected chi connectivity index (χ0v) is 9.61. The molecule has 1 rings (SSSR count). The molecule has 0 aliphatic carbocycles. The van der Waals surface area contributed by atoms with Crippen LogP contribution >= 0.6 is 0 Å². The summed E-state index contributed by atoms with van der Waals surface area (Å²) in [6, 6.07) is 10.9. The first-order chi connectivity index (χ1) is 7.25. The van der Waals surface area contributed by atoms with Gasteiger partial charge in [0.1, 0.15) is 0 Å². The number of nitrogens with one attached hydrogen (secondary N) is 1. The summed E-state index contributed by atoms with van der Waals surface area (Å²) in [7, 11) is 0. The highest BCUT2D eigenvalue weighted by molar-refractivity contribution is 5.19. The largest absolute Gasteiger partial charge is 0.396 e. The van der Waals surface area contributed by atoms with Gasteiger partial charge in [-0.3, -0.25) is 0 Å². The zero-order chi connectivity index (χ0) is 11.1. The molecular weight excluding hydrogens is 186 g/mol. The predicted molar refractivity (Wildman–Crippen MR) is 63.7 cm³/mol. The van der Waals surface area contributed by atoms with Crippen molar-refractivity contribution in [1.29, 1.82) is 0 Å². The van der Waals surface area contributed by atoms with Crippen LogP contribution in [0.4, 0.5) is 0 Å². The maximum Gasteiger partial charge on any atom is 0.0443 e. The van der Waals surface area contributed by atoms with E-state index in [4.69, 9.17) is 5.11 Å². The lowest BCUT2D eigenvalue weighted by Crippen LogP contribution is -2.27. The molecule has 1 aromatic rings. The summed E-state index contributed by atoms with van der Waals surface area (Å²) in [5, 5.41) is 12.2. The van der Waals surface area contributed by atoms with Crippen LogP contribution in [0, 0.1) is 5.92 Å². The Kier molecular flexibility index (Phi) is 5.37. The molecule has 0 spiro atoms. The summed E-state index contributed by atoms with van der Waals surface area (Å²) in [5.74, 6) is 0.561. The molecule has 1 atom stereocenters. The maximum absolute atomic E-state index is 8.75. The van der Waals surface area contributed by atoms with E-state index in [9.17, 15) is 0 Å². The van der Waals surface area contributed by atoms with Crippen LogP contribution in [0.5, 0.6) is 0 Å². The van der Waals surface area contributed by atoms with Crippen LogP contribution in [0.3, 0.4) is 0 Å². The smallest absolute Gasteiger partial charge is 0.0443 e. The second kappa shape index (κ2) is 6.59. The Hall–Kier alpha value is -0.860. The van der Waals surface area contributed by atoms with E-state index in [1.54, 1.807) is 0 Å². The van der Waals surface area contributed by atoms with Crippen LogP contribution in [0.1, 0.15) is 31.9 Å². The summed E-state index contributed by atoms with van der Waals surface area (Å²) in [6.45, 7) is 5.55. The van der Waals surface area contributed by atoms with Crippen LogP contribution < -0.4 is 5.32 Å². The van der Waals surface area contributed by atoms with Crippen molar-refractivity contribution in [3.63, 3.8) is 0 Å². The first-order valence-corrected chi connectivity index (χ1v) is 5.65. The summed E-state index contributed by atoms with van der Waals surface area (Å²) < 4.78 is 0. The van der Waals surface area contributed by atoms with Gasteiger partial charge in [0.2, 0.25) is 0 Å². The molecule has 2 nitrogen and oxygen atoms in total. The molecule has 0 radical (unpaired) electrons. The summed E-state index contributed by atoms with van der Waals surface area (Å²) in [5.41, 5.74) is 1.32. The van der Waals surface area contributed by atoms with Crippen molar-refractivity contribution >= 4 is 0 Å². The second-order valence-corrected chi connectivity index (χ2v) is 4.16. The maximum atomic E-state index is 8.75. The number of rotatable bonds is 6. The zero-order valence-electron chi connectivity index (χ0n) is 9.61. The van der Waals surface area contributed by atoms with Gasteiger partial charge in [0.15, 0.2) is 0 Å². The molecule has 0 bridgehead atoms. The highest BCUT2D eigenvalue weighted by Crippen LogP contribution is 2.20. The minimum Gasteiger partial charge on any atom is -0.396 e. The van der Waals surface area contributed by atoms with Gasteiger partial charge in [0, 0.05) is 12.6 Å². The molecule has 0 unspecified atom stereocenters. The van der Waals surface area contributed by atoms with Crippen LogP contribution in [0.15, 0.2) is 30.3 Å². The van der Waals surface area contributed by atoms with E-state index in [0.29, 0.717) is 12.0 Å². The van der Waals surface area contributed by atoms with E-state index in [1.807, 2.05) is 6.07 Å². The molecule has 0 saturated carbocycles. The van der Waals surface area contributed by atoms with Gasteiger partial charge in [0.05, 0.1) is 0 Å². The minimum atomic E-state index is 0.257. The van der Waals surface area contributed by atoms with Gasteiger partial charge in [-0.25, -0.2) is 0 Å². The Labute approximate surface area is 92.3 Å². The molecule has 1 aromatic carbocycles. The third-order valence-corrected chi connectivity index (χ3v) is 2.52. The lowest BCUT2D eigenvalue weighted by molar-refractivity contribution is 0.279. The normalized spacial score (nSPS) is 13.1. The van der Waals surface area contributed by atoms with E-state index >= 15 is 0 Å². The van der Waals surface area contributed by atoms with Crippen LogP contribution in [0.25, 0.3) is 0 Å². The second-order valence-electron chi connectivity index (χ2n) is 4.16. The molecule has 0 heterocycles. The molecule has 0 aliphatic heterocycles. The number of hydrogen-bond donors (Lipinski definition) is 2. The number of benzene rings is 1. The SMILES string of the molecule is CC(C)[C@@H](NCCCO)c1ccccc1. The number of aliphatic hydroxyl groups excluding tert-OH is 1. The van der Waals surface area contributed by atoms with Crippen molar-refractivity contribution in [3.05, 3.63) is 35.9 Å². The molecule has 84 valence electrons. The highest BCUT2D eigenvalue weighted by Gasteiger charge is 2.13. The quantitative estimate of drug-likeness (QED) is 0.702. The first-order valence-electron chi connectivity index (χ1n) is 5.65. The molecule has 0 fully saturated rings. The molecule has 0 amide bonds. The standard InChI is InChI=1S/C13H21NO/c1-11(2)13(14-9-6-10-15)12-7-4-3-5-8-12/h3-5,7-8,11,13-15H,6,9-10H2,1-2H3/t13-/m1/s1. The van der Waals surface area contributed by atoms with Gasteiger partial charge in [-0.2, -0.15) is 0 Å². The highest BCUT2D eigenvalue weighted by atomic mass is 16.3. The number of hydrogen-bond acceptors (Lipinski definition) is 2. The van der Waals surface area contributed by atoms with Gasteiger partial charge < -0.3 is 10.4 Å². The molecular formula is C13H21NO. The van der Waals surface area contributed by atoms with Crippen LogP contribution in [0.2, 0.25) is 0 Å². The average molecular weight is 207 g/mol. The Morgan fingerprint density at radius 3 is 2.40 bits per heavy atom. The average Bonchev–Trinajstić information content (AvgIpc) is 2.25. The molecule has 0 aliphatic rings. The van der Waals surface area contributed by atoms with Crippen LogP contribution in [-0.4, -0.2) is 18.3 Å². The van der Waals surface area contributed by atoms with Gasteiger partial charge in [-0.1, -0.05) is 44.2 Å². The van der Waals surface area contributed by atoms with Gasteiger partial charge >= 0.3 is 0 Å². The fourth-order valence-electron chi connectivity index (χ4n) is 1.74. The topological polar surface area (TPSA) is 32.3 Å². The first kappa shape index (κ1) is 12.2. The monoisotopic (exact) mass is 207 g/mol.